The fourth-order valence-corrected chi connectivity index (χ4v) is 2.15. The predicted octanol–water partition coefficient (Wildman–Crippen LogP) is 1.68. The van der Waals surface area contributed by atoms with Crippen molar-refractivity contribution in [3.63, 3.8) is 0 Å². The number of benzene rings is 1. The van der Waals surface area contributed by atoms with Gasteiger partial charge in [-0.3, -0.25) is 4.79 Å². The summed E-state index contributed by atoms with van der Waals surface area (Å²) in [6.45, 7) is 2.08. The Kier molecular flexibility index (Phi) is 5.09. The van der Waals surface area contributed by atoms with Gasteiger partial charge < -0.3 is 19.7 Å². The Bertz CT molecular complexity index is 492. The number of carbonyl (C=O) groups is 1. The van der Waals surface area contributed by atoms with Crippen molar-refractivity contribution in [2.75, 3.05) is 33.9 Å². The Morgan fingerprint density at radius 3 is 2.85 bits per heavy atom. The molecule has 0 aliphatic carbocycles. The molecule has 0 aromatic heterocycles. The molecule has 1 aliphatic rings. The number of halogens is 1. The van der Waals surface area contributed by atoms with E-state index in [-0.39, 0.29) is 5.91 Å². The summed E-state index contributed by atoms with van der Waals surface area (Å²) in [5.41, 5.74) is 0.964. The van der Waals surface area contributed by atoms with Gasteiger partial charge in [-0.1, -0.05) is 11.6 Å². The molecule has 1 aliphatic heterocycles. The second-order valence-electron chi connectivity index (χ2n) is 4.85. The Morgan fingerprint density at radius 2 is 2.10 bits per heavy atom. The molecule has 0 saturated heterocycles. The van der Waals surface area contributed by atoms with Gasteiger partial charge in [0.15, 0.2) is 11.5 Å². The fraction of sp³-hybridized carbons (Fsp3) is 0.500. The molecule has 0 atom stereocenters. The number of carbonyl (C=O) groups excluding carboxylic acids is 1. The van der Waals surface area contributed by atoms with Gasteiger partial charge in [0.25, 0.3) is 0 Å². The van der Waals surface area contributed by atoms with Crippen LogP contribution in [-0.2, 0) is 11.3 Å². The van der Waals surface area contributed by atoms with E-state index in [1.54, 1.807) is 19.0 Å². The summed E-state index contributed by atoms with van der Waals surface area (Å²) in [6.07, 6.45) is 0.843. The van der Waals surface area contributed by atoms with Crippen LogP contribution >= 0.6 is 11.6 Å². The molecule has 20 heavy (non-hydrogen) atoms. The molecular weight excluding hydrogens is 280 g/mol. The van der Waals surface area contributed by atoms with Gasteiger partial charge in [-0.2, -0.15) is 0 Å². The number of rotatable bonds is 4. The number of ether oxygens (including phenoxy) is 2. The third-order valence-corrected chi connectivity index (χ3v) is 3.25. The zero-order valence-corrected chi connectivity index (χ0v) is 12.5. The lowest BCUT2D eigenvalue weighted by Gasteiger charge is -2.13. The summed E-state index contributed by atoms with van der Waals surface area (Å²) >= 11 is 6.20. The van der Waals surface area contributed by atoms with Gasteiger partial charge in [0.05, 0.1) is 24.8 Å². The van der Waals surface area contributed by atoms with Crippen molar-refractivity contribution >= 4 is 17.5 Å². The number of nitrogens with one attached hydrogen (secondary N) is 1. The van der Waals surface area contributed by atoms with Gasteiger partial charge >= 0.3 is 0 Å². The van der Waals surface area contributed by atoms with Gasteiger partial charge in [0, 0.05) is 27.1 Å². The number of fused-ring (bicyclic) bond motifs is 1. The summed E-state index contributed by atoms with van der Waals surface area (Å²) in [6, 6.07) is 3.74. The van der Waals surface area contributed by atoms with E-state index >= 15 is 0 Å². The van der Waals surface area contributed by atoms with E-state index < -0.39 is 0 Å². The minimum atomic E-state index is 0.0328. The fourth-order valence-electron chi connectivity index (χ4n) is 1.86. The molecule has 1 N–H and O–H groups in total. The molecule has 0 saturated carbocycles. The van der Waals surface area contributed by atoms with E-state index in [0.29, 0.717) is 42.8 Å². The van der Waals surface area contributed by atoms with Gasteiger partial charge in [-0.05, 0) is 17.7 Å². The highest BCUT2D eigenvalue weighted by Gasteiger charge is 2.15. The predicted molar refractivity (Wildman–Crippen MR) is 77.5 cm³/mol. The minimum Gasteiger partial charge on any atom is -0.489 e. The normalized spacial score (nSPS) is 13.8. The second-order valence-corrected chi connectivity index (χ2v) is 5.25. The zero-order valence-electron chi connectivity index (χ0n) is 11.7. The molecule has 0 fully saturated rings. The first-order valence-electron chi connectivity index (χ1n) is 6.57. The van der Waals surface area contributed by atoms with Crippen molar-refractivity contribution in [1.82, 2.24) is 10.2 Å². The van der Waals surface area contributed by atoms with Crippen LogP contribution in [0.3, 0.4) is 0 Å². The van der Waals surface area contributed by atoms with E-state index in [1.807, 2.05) is 12.1 Å². The number of nitrogens with zero attached hydrogens (tertiary/aromatic N) is 1. The third kappa shape index (κ3) is 3.77. The molecule has 2 rings (SSSR count). The maximum Gasteiger partial charge on any atom is 0.236 e. The van der Waals surface area contributed by atoms with Gasteiger partial charge in [-0.15, -0.1) is 0 Å². The first-order chi connectivity index (χ1) is 9.58. The zero-order chi connectivity index (χ0) is 14.5. The Balaban J connectivity index is 2.01. The summed E-state index contributed by atoms with van der Waals surface area (Å²) in [5.74, 6) is 1.31. The van der Waals surface area contributed by atoms with Crippen LogP contribution in [0.2, 0.25) is 5.02 Å². The first-order valence-corrected chi connectivity index (χ1v) is 6.94. The molecule has 6 heteroatoms. The van der Waals surface area contributed by atoms with Crippen LogP contribution in [0.15, 0.2) is 12.1 Å². The SMILES string of the molecule is CN(C)C(=O)CNCc1cc(Cl)c2c(c1)OCCCO2. The molecule has 0 radical (unpaired) electrons. The average molecular weight is 299 g/mol. The Morgan fingerprint density at radius 1 is 1.35 bits per heavy atom. The smallest absolute Gasteiger partial charge is 0.236 e. The van der Waals surface area contributed by atoms with Crippen molar-refractivity contribution in [1.29, 1.82) is 0 Å². The van der Waals surface area contributed by atoms with E-state index in [4.69, 9.17) is 21.1 Å². The quantitative estimate of drug-likeness (QED) is 0.919. The topological polar surface area (TPSA) is 50.8 Å². The molecule has 110 valence electrons. The maximum absolute atomic E-state index is 11.5. The average Bonchev–Trinajstić information content (AvgIpc) is 2.64. The largest absolute Gasteiger partial charge is 0.489 e. The summed E-state index contributed by atoms with van der Waals surface area (Å²) in [5, 5.41) is 3.63. The van der Waals surface area contributed by atoms with Gasteiger partial charge in [0.1, 0.15) is 0 Å². The number of hydrogen-bond acceptors (Lipinski definition) is 4. The number of amides is 1. The monoisotopic (exact) mass is 298 g/mol. The molecule has 1 amide bonds. The maximum atomic E-state index is 11.5. The van der Waals surface area contributed by atoms with E-state index in [1.165, 1.54) is 0 Å². The van der Waals surface area contributed by atoms with Crippen LogP contribution in [0.1, 0.15) is 12.0 Å². The lowest BCUT2D eigenvalue weighted by atomic mass is 10.2. The molecule has 0 unspecified atom stereocenters. The van der Waals surface area contributed by atoms with Crippen LogP contribution in [0, 0.1) is 0 Å². The molecule has 5 nitrogen and oxygen atoms in total. The van der Waals surface area contributed by atoms with Crippen molar-refractivity contribution in [2.24, 2.45) is 0 Å². The van der Waals surface area contributed by atoms with Crippen LogP contribution in [0.5, 0.6) is 11.5 Å². The van der Waals surface area contributed by atoms with E-state index in [2.05, 4.69) is 5.32 Å². The molecule has 0 bridgehead atoms. The number of hydrogen-bond donors (Lipinski definition) is 1. The highest BCUT2D eigenvalue weighted by Crippen LogP contribution is 2.37. The van der Waals surface area contributed by atoms with Crippen molar-refractivity contribution in [2.45, 2.75) is 13.0 Å². The van der Waals surface area contributed by atoms with Gasteiger partial charge in [0.2, 0.25) is 5.91 Å². The Labute approximate surface area is 123 Å². The van der Waals surface area contributed by atoms with E-state index in [9.17, 15) is 4.79 Å². The Hall–Kier alpha value is -1.46. The third-order valence-electron chi connectivity index (χ3n) is 2.97. The highest BCUT2D eigenvalue weighted by atomic mass is 35.5. The van der Waals surface area contributed by atoms with Crippen molar-refractivity contribution < 1.29 is 14.3 Å². The summed E-state index contributed by atoms with van der Waals surface area (Å²) in [4.78, 5) is 13.0. The summed E-state index contributed by atoms with van der Waals surface area (Å²) < 4.78 is 11.2. The van der Waals surface area contributed by atoms with Crippen LogP contribution < -0.4 is 14.8 Å². The van der Waals surface area contributed by atoms with E-state index in [0.717, 1.165) is 12.0 Å². The molecule has 1 heterocycles. The molecular formula is C14H19ClN2O3. The summed E-state index contributed by atoms with van der Waals surface area (Å²) in [7, 11) is 3.46. The van der Waals surface area contributed by atoms with Crippen LogP contribution in [-0.4, -0.2) is 44.7 Å². The highest BCUT2D eigenvalue weighted by molar-refractivity contribution is 6.32. The lowest BCUT2D eigenvalue weighted by Crippen LogP contribution is -2.32. The number of likely N-dealkylation sites (N-methyl/N-ethyl adjacent to an activating group) is 1. The lowest BCUT2D eigenvalue weighted by molar-refractivity contribution is -0.127. The van der Waals surface area contributed by atoms with Crippen molar-refractivity contribution in [3.8, 4) is 11.5 Å². The molecule has 0 spiro atoms. The standard InChI is InChI=1S/C14H19ClN2O3/c1-17(2)13(18)9-16-8-10-6-11(15)14-12(7-10)19-4-3-5-20-14/h6-7,16H,3-5,8-9H2,1-2H3. The molecule has 1 aromatic rings. The van der Waals surface area contributed by atoms with Crippen LogP contribution in [0.25, 0.3) is 0 Å². The van der Waals surface area contributed by atoms with Crippen LogP contribution in [0.4, 0.5) is 0 Å². The first kappa shape index (κ1) is 14.9. The minimum absolute atomic E-state index is 0.0328. The van der Waals surface area contributed by atoms with Gasteiger partial charge in [-0.25, -0.2) is 0 Å². The molecule has 1 aromatic carbocycles. The van der Waals surface area contributed by atoms with Crippen molar-refractivity contribution in [3.05, 3.63) is 22.7 Å². The second kappa shape index (κ2) is 6.81.